The maximum absolute atomic E-state index is 13.3. The van der Waals surface area contributed by atoms with Gasteiger partial charge in [-0.05, 0) is 128 Å². The third-order valence-corrected chi connectivity index (χ3v) is 14.1. The van der Waals surface area contributed by atoms with Crippen molar-refractivity contribution in [3.63, 3.8) is 0 Å². The molecule has 0 aliphatic heterocycles. The Morgan fingerprint density at radius 3 is 2.31 bits per heavy atom. The van der Waals surface area contributed by atoms with Gasteiger partial charge in [0.25, 0.3) is 0 Å². The zero-order valence-electron chi connectivity index (χ0n) is 24.0. The molecule has 5 aliphatic rings. The van der Waals surface area contributed by atoms with E-state index in [0.29, 0.717) is 51.7 Å². The molecule has 0 aromatic carbocycles. The van der Waals surface area contributed by atoms with E-state index in [2.05, 4.69) is 62.7 Å². The zero-order chi connectivity index (χ0) is 26.3. The molecule has 4 heteroatoms. The summed E-state index contributed by atoms with van der Waals surface area (Å²) in [7, 11) is 2.74. The van der Waals surface area contributed by atoms with Crippen LogP contribution in [-0.4, -0.2) is 29.8 Å². The minimum atomic E-state index is -0.161. The minimum Gasteiger partial charge on any atom is -0.393 e. The summed E-state index contributed by atoms with van der Waals surface area (Å²) in [4.78, 5) is 13.3. The lowest BCUT2D eigenvalue weighted by atomic mass is 9.33. The first-order chi connectivity index (χ1) is 16.8. The van der Waals surface area contributed by atoms with Gasteiger partial charge in [0.15, 0.2) is 0 Å². The lowest BCUT2D eigenvalue weighted by molar-refractivity contribution is -0.241. The Bertz CT molecular complexity index is 901. The van der Waals surface area contributed by atoms with Crippen molar-refractivity contribution in [3.8, 4) is 0 Å². The van der Waals surface area contributed by atoms with E-state index in [9.17, 15) is 9.90 Å². The highest BCUT2D eigenvalue weighted by molar-refractivity contribution is 7.16. The van der Waals surface area contributed by atoms with Crippen molar-refractivity contribution in [1.82, 2.24) is 5.32 Å². The summed E-state index contributed by atoms with van der Waals surface area (Å²) in [6.07, 6.45) is 11.6. The Hall–Kier alpha value is -0.400. The van der Waals surface area contributed by atoms with Crippen LogP contribution in [0.5, 0.6) is 0 Å². The summed E-state index contributed by atoms with van der Waals surface area (Å²) in [6.45, 7) is 20.1. The van der Waals surface area contributed by atoms with Crippen LogP contribution < -0.4 is 5.32 Å². The number of fused-ring (bicyclic) bond motifs is 7. The number of hydrogen-bond donors (Lipinski definition) is 2. The predicted molar refractivity (Wildman–Crippen MR) is 152 cm³/mol. The topological polar surface area (TPSA) is 49.3 Å². The van der Waals surface area contributed by atoms with Crippen LogP contribution in [0.1, 0.15) is 99.3 Å². The first-order valence-corrected chi connectivity index (χ1v) is 16.0. The summed E-state index contributed by atoms with van der Waals surface area (Å²) < 4.78 is 0. The van der Waals surface area contributed by atoms with Crippen molar-refractivity contribution in [3.05, 3.63) is 12.2 Å². The molecule has 0 aromatic rings. The SMILES string of the molecule is C=C(C)[C@@H]1C[C@@H](C(=O)NCCP)C2CC[C@]3(C)[C@H](CC[C@@H]4[C@@]5(C)CC[C@H](O)C(C)(C)[C@@H]5CC[C@]43C)[C@H]21. The third kappa shape index (κ3) is 3.60. The maximum Gasteiger partial charge on any atom is 0.223 e. The fourth-order valence-corrected chi connectivity index (χ4v) is 12.0. The Balaban J connectivity index is 1.48. The van der Waals surface area contributed by atoms with E-state index in [1.165, 1.54) is 50.5 Å². The molecule has 0 heterocycles. The third-order valence-electron chi connectivity index (χ3n) is 13.8. The fraction of sp³-hybridized carbons (Fsp3) is 0.906. The molecule has 2 N–H and O–H groups in total. The molecule has 0 radical (unpaired) electrons. The van der Waals surface area contributed by atoms with Gasteiger partial charge in [-0.25, -0.2) is 0 Å². The minimum absolute atomic E-state index is 0.0117. The number of carbonyl (C=O) groups excluding carboxylic acids is 1. The molecule has 0 bridgehead atoms. The summed E-state index contributed by atoms with van der Waals surface area (Å²) in [5.74, 6) is 4.13. The molecule has 12 atom stereocenters. The molecule has 36 heavy (non-hydrogen) atoms. The molecule has 5 fully saturated rings. The van der Waals surface area contributed by atoms with Gasteiger partial charge in [-0.3, -0.25) is 4.79 Å². The number of aliphatic hydroxyl groups is 1. The molecule has 5 rings (SSSR count). The lowest BCUT2D eigenvalue weighted by Gasteiger charge is -2.72. The van der Waals surface area contributed by atoms with Gasteiger partial charge in [-0.1, -0.05) is 46.8 Å². The molecule has 5 saturated carbocycles. The van der Waals surface area contributed by atoms with Crippen molar-refractivity contribution in [2.75, 3.05) is 12.7 Å². The molecule has 0 saturated heterocycles. The van der Waals surface area contributed by atoms with E-state index < -0.39 is 0 Å². The zero-order valence-corrected chi connectivity index (χ0v) is 25.2. The van der Waals surface area contributed by atoms with Crippen LogP contribution in [0.15, 0.2) is 12.2 Å². The highest BCUT2D eigenvalue weighted by atomic mass is 31.0. The largest absolute Gasteiger partial charge is 0.393 e. The Labute approximate surface area is 223 Å². The van der Waals surface area contributed by atoms with E-state index in [4.69, 9.17) is 0 Å². The monoisotopic (exact) mass is 515 g/mol. The first kappa shape index (κ1) is 27.2. The molecular weight excluding hydrogens is 461 g/mol. The van der Waals surface area contributed by atoms with Gasteiger partial charge in [-0.2, -0.15) is 0 Å². The summed E-state index contributed by atoms with van der Waals surface area (Å²) in [6, 6.07) is 0. The molecule has 204 valence electrons. The average Bonchev–Trinajstić information content (AvgIpc) is 3.21. The van der Waals surface area contributed by atoms with E-state index in [1.807, 2.05) is 0 Å². The Kier molecular flexibility index (Phi) is 6.85. The Morgan fingerprint density at radius 1 is 0.944 bits per heavy atom. The normalized spacial score (nSPS) is 51.3. The predicted octanol–water partition coefficient (Wildman–Crippen LogP) is 6.85. The van der Waals surface area contributed by atoms with E-state index in [-0.39, 0.29) is 17.4 Å². The summed E-state index contributed by atoms with van der Waals surface area (Å²) in [5.41, 5.74) is 2.30. The van der Waals surface area contributed by atoms with Crippen LogP contribution in [0.4, 0.5) is 0 Å². The van der Waals surface area contributed by atoms with Crippen LogP contribution in [0.3, 0.4) is 0 Å². The van der Waals surface area contributed by atoms with Gasteiger partial charge in [0.05, 0.1) is 6.10 Å². The first-order valence-electron chi connectivity index (χ1n) is 15.1. The second-order valence-electron chi connectivity index (χ2n) is 15.2. The van der Waals surface area contributed by atoms with Crippen LogP contribution in [0.2, 0.25) is 0 Å². The van der Waals surface area contributed by atoms with Gasteiger partial charge >= 0.3 is 0 Å². The van der Waals surface area contributed by atoms with Crippen LogP contribution in [-0.2, 0) is 4.79 Å². The van der Waals surface area contributed by atoms with Crippen LogP contribution in [0.25, 0.3) is 0 Å². The number of hydrogen-bond acceptors (Lipinski definition) is 2. The van der Waals surface area contributed by atoms with Crippen molar-refractivity contribution in [2.24, 2.45) is 63.1 Å². The van der Waals surface area contributed by atoms with E-state index >= 15 is 0 Å². The molecule has 3 nitrogen and oxygen atoms in total. The molecular formula is C32H54NO2P. The van der Waals surface area contributed by atoms with Crippen molar-refractivity contribution in [2.45, 2.75) is 105 Å². The standard InChI is InChI=1S/C32H54NO2P/c1-19(2)21-18-22(28(35)33-16-17-36)20-10-14-31(6)23(27(20)21)8-9-25-30(5)13-12-26(34)29(3,4)24(30)11-15-32(25,31)7/h20-27,34H,1,8-18,36H2,2-7H3,(H,33,35)/t20?,21-,22+,23+,24-,25+,26-,27+,30-,31+,32+/m0/s1. The second kappa shape index (κ2) is 9.08. The van der Waals surface area contributed by atoms with E-state index in [0.717, 1.165) is 31.5 Å². The summed E-state index contributed by atoms with van der Waals surface area (Å²) in [5, 5.41) is 14.2. The lowest BCUT2D eigenvalue weighted by Crippen LogP contribution is -2.66. The van der Waals surface area contributed by atoms with Gasteiger partial charge in [0, 0.05) is 12.5 Å². The molecule has 1 amide bonds. The second-order valence-corrected chi connectivity index (χ2v) is 15.8. The number of nitrogens with one attached hydrogen (secondary N) is 1. The van der Waals surface area contributed by atoms with E-state index in [1.54, 1.807) is 0 Å². The van der Waals surface area contributed by atoms with Crippen LogP contribution >= 0.6 is 9.24 Å². The highest BCUT2D eigenvalue weighted by Gasteiger charge is 2.69. The summed E-state index contributed by atoms with van der Waals surface area (Å²) >= 11 is 0. The quantitative estimate of drug-likeness (QED) is 0.318. The molecule has 2 unspecified atom stereocenters. The van der Waals surface area contributed by atoms with Gasteiger partial charge in [0.2, 0.25) is 5.91 Å². The van der Waals surface area contributed by atoms with Gasteiger partial charge < -0.3 is 10.4 Å². The van der Waals surface area contributed by atoms with Gasteiger partial charge in [0.1, 0.15) is 0 Å². The molecule has 0 spiro atoms. The Morgan fingerprint density at radius 2 is 1.64 bits per heavy atom. The number of allylic oxidation sites excluding steroid dienone is 1. The number of amides is 1. The maximum atomic E-state index is 13.3. The van der Waals surface area contributed by atoms with Gasteiger partial charge in [-0.15, -0.1) is 9.24 Å². The smallest absolute Gasteiger partial charge is 0.223 e. The number of rotatable bonds is 4. The number of carbonyl (C=O) groups is 1. The van der Waals surface area contributed by atoms with Crippen molar-refractivity contribution >= 4 is 15.1 Å². The molecule has 5 aliphatic carbocycles. The van der Waals surface area contributed by atoms with Crippen LogP contribution in [0, 0.1) is 63.1 Å². The molecule has 0 aromatic heterocycles. The van der Waals surface area contributed by atoms with Crippen molar-refractivity contribution in [1.29, 1.82) is 0 Å². The number of aliphatic hydroxyl groups excluding tert-OH is 1. The fourth-order valence-electron chi connectivity index (χ4n) is 11.8. The highest BCUT2D eigenvalue weighted by Crippen LogP contribution is 2.76. The van der Waals surface area contributed by atoms with Crippen molar-refractivity contribution < 1.29 is 9.90 Å². The average molecular weight is 516 g/mol.